The number of hydrogen-bond acceptors (Lipinski definition) is 6. The molecule has 0 spiro atoms. The summed E-state index contributed by atoms with van der Waals surface area (Å²) < 4.78 is 32.6. The molecular formula is C17H22O6. The van der Waals surface area contributed by atoms with Crippen LogP contribution >= 0.6 is 0 Å². The summed E-state index contributed by atoms with van der Waals surface area (Å²) in [5, 5.41) is 1.68. The summed E-state index contributed by atoms with van der Waals surface area (Å²) >= 11 is 0. The Morgan fingerprint density at radius 3 is 1.70 bits per heavy atom. The van der Waals surface area contributed by atoms with Crippen molar-refractivity contribution in [3.05, 3.63) is 29.8 Å². The Morgan fingerprint density at radius 1 is 0.652 bits per heavy atom. The van der Waals surface area contributed by atoms with Gasteiger partial charge in [0.15, 0.2) is 0 Å². The fourth-order valence-electron chi connectivity index (χ4n) is 2.63. The van der Waals surface area contributed by atoms with Gasteiger partial charge in [-0.3, -0.25) is 0 Å². The Kier molecular flexibility index (Phi) is 5.30. The smallest absolute Gasteiger partial charge is 0.311 e. The summed E-state index contributed by atoms with van der Waals surface area (Å²) in [4.78, 5) is 0. The zero-order chi connectivity index (χ0) is 17.0. The molecule has 2 rings (SSSR count). The second-order valence-corrected chi connectivity index (χ2v) is 4.77. The van der Waals surface area contributed by atoms with Gasteiger partial charge in [0.05, 0.1) is 26.7 Å². The van der Waals surface area contributed by atoms with Crippen LogP contribution in [0.5, 0.6) is 17.2 Å². The van der Waals surface area contributed by atoms with Crippen molar-refractivity contribution in [3.8, 4) is 17.2 Å². The summed E-state index contributed by atoms with van der Waals surface area (Å²) in [6.07, 6.45) is 0. The molecule has 0 aliphatic heterocycles. The summed E-state index contributed by atoms with van der Waals surface area (Å²) in [5.74, 6) is 0.622. The fourth-order valence-corrected chi connectivity index (χ4v) is 2.63. The Balaban J connectivity index is 2.81. The first-order valence-corrected chi connectivity index (χ1v) is 6.98. The number of rotatable bonds is 7. The molecule has 0 unspecified atom stereocenters. The van der Waals surface area contributed by atoms with Crippen molar-refractivity contribution in [1.29, 1.82) is 0 Å². The lowest BCUT2D eigenvalue weighted by Gasteiger charge is -2.29. The van der Waals surface area contributed by atoms with Crippen molar-refractivity contribution in [3.63, 3.8) is 0 Å². The van der Waals surface area contributed by atoms with Crippen LogP contribution in [0.25, 0.3) is 10.8 Å². The highest BCUT2D eigenvalue weighted by Gasteiger charge is 2.33. The molecular weight excluding hydrogens is 300 g/mol. The quantitative estimate of drug-likeness (QED) is 0.731. The fraction of sp³-hybridized carbons (Fsp3) is 0.412. The van der Waals surface area contributed by atoms with Crippen molar-refractivity contribution >= 4 is 10.8 Å². The number of hydrogen-bond donors (Lipinski definition) is 0. The Morgan fingerprint density at radius 2 is 1.22 bits per heavy atom. The molecule has 0 N–H and O–H groups in total. The van der Waals surface area contributed by atoms with Gasteiger partial charge in [0.25, 0.3) is 0 Å². The molecule has 0 atom stereocenters. The minimum Gasteiger partial charge on any atom is -0.497 e. The van der Waals surface area contributed by atoms with Gasteiger partial charge in [-0.2, -0.15) is 0 Å². The maximum Gasteiger partial charge on any atom is 0.311 e. The van der Waals surface area contributed by atoms with Crippen LogP contribution in [0.15, 0.2) is 24.3 Å². The maximum atomic E-state index is 5.53. The van der Waals surface area contributed by atoms with Crippen LogP contribution in [0.2, 0.25) is 0 Å². The van der Waals surface area contributed by atoms with E-state index in [2.05, 4.69) is 0 Å². The van der Waals surface area contributed by atoms with Crippen LogP contribution in [0, 0.1) is 0 Å². The van der Waals surface area contributed by atoms with Gasteiger partial charge in [-0.05, 0) is 23.6 Å². The molecule has 2 aromatic carbocycles. The van der Waals surface area contributed by atoms with Crippen molar-refractivity contribution in [1.82, 2.24) is 0 Å². The molecule has 0 saturated carbocycles. The third-order valence-corrected chi connectivity index (χ3v) is 3.79. The summed E-state index contributed by atoms with van der Waals surface area (Å²) in [7, 11) is 9.33. The predicted octanol–water partition coefficient (Wildman–Crippen LogP) is 2.92. The Bertz CT molecular complexity index is 670. The molecule has 0 heterocycles. The molecule has 2 aromatic rings. The van der Waals surface area contributed by atoms with Gasteiger partial charge in [0, 0.05) is 33.0 Å². The van der Waals surface area contributed by atoms with Crippen LogP contribution in [-0.2, 0) is 20.2 Å². The third-order valence-electron chi connectivity index (χ3n) is 3.79. The number of benzene rings is 2. The molecule has 23 heavy (non-hydrogen) atoms. The van der Waals surface area contributed by atoms with E-state index in [1.165, 1.54) is 21.3 Å². The Hall–Kier alpha value is -2.02. The van der Waals surface area contributed by atoms with Crippen molar-refractivity contribution < 1.29 is 28.4 Å². The topological polar surface area (TPSA) is 55.4 Å². The average Bonchev–Trinajstić information content (AvgIpc) is 2.61. The first-order valence-electron chi connectivity index (χ1n) is 6.98. The minimum absolute atomic E-state index is 0.618. The molecule has 0 aliphatic rings. The second-order valence-electron chi connectivity index (χ2n) is 4.77. The molecule has 0 radical (unpaired) electrons. The lowest BCUT2D eigenvalue weighted by atomic mass is 10.0. The van der Waals surface area contributed by atoms with Gasteiger partial charge in [0.1, 0.15) is 17.2 Å². The molecule has 0 aromatic heterocycles. The van der Waals surface area contributed by atoms with Gasteiger partial charge < -0.3 is 28.4 Å². The van der Waals surface area contributed by atoms with Crippen LogP contribution in [0.4, 0.5) is 0 Å². The molecule has 6 heteroatoms. The second kappa shape index (κ2) is 7.04. The number of ether oxygens (including phenoxy) is 6. The third kappa shape index (κ3) is 2.93. The molecule has 6 nitrogen and oxygen atoms in total. The maximum absolute atomic E-state index is 5.53. The lowest BCUT2D eigenvalue weighted by Crippen LogP contribution is -2.32. The lowest BCUT2D eigenvalue weighted by molar-refractivity contribution is -0.364. The van der Waals surface area contributed by atoms with E-state index in [1.807, 2.05) is 12.1 Å². The van der Waals surface area contributed by atoms with E-state index in [0.29, 0.717) is 22.8 Å². The molecule has 0 bridgehead atoms. The van der Waals surface area contributed by atoms with Crippen molar-refractivity contribution in [2.24, 2.45) is 0 Å². The molecule has 0 saturated heterocycles. The van der Waals surface area contributed by atoms with E-state index in [4.69, 9.17) is 28.4 Å². The van der Waals surface area contributed by atoms with E-state index < -0.39 is 5.97 Å². The number of fused-ring (bicyclic) bond motifs is 1. The highest BCUT2D eigenvalue weighted by Crippen LogP contribution is 2.41. The van der Waals surface area contributed by atoms with E-state index in [9.17, 15) is 0 Å². The van der Waals surface area contributed by atoms with Gasteiger partial charge in [-0.25, -0.2) is 0 Å². The van der Waals surface area contributed by atoms with Gasteiger partial charge in [0.2, 0.25) is 0 Å². The highest BCUT2D eigenvalue weighted by atomic mass is 16.9. The van der Waals surface area contributed by atoms with E-state index in [0.717, 1.165) is 10.8 Å². The molecule has 0 aliphatic carbocycles. The zero-order valence-corrected chi connectivity index (χ0v) is 14.3. The first-order chi connectivity index (χ1) is 11.1. The van der Waals surface area contributed by atoms with Crippen LogP contribution < -0.4 is 14.2 Å². The predicted molar refractivity (Wildman–Crippen MR) is 86.3 cm³/mol. The van der Waals surface area contributed by atoms with Crippen LogP contribution in [-0.4, -0.2) is 42.7 Å². The van der Waals surface area contributed by atoms with Gasteiger partial charge in [-0.15, -0.1) is 0 Å². The van der Waals surface area contributed by atoms with E-state index in [1.54, 1.807) is 33.5 Å². The monoisotopic (exact) mass is 322 g/mol. The first kappa shape index (κ1) is 17.3. The minimum atomic E-state index is -1.32. The zero-order valence-electron chi connectivity index (χ0n) is 14.3. The Labute approximate surface area is 135 Å². The summed E-state index contributed by atoms with van der Waals surface area (Å²) in [5.41, 5.74) is 0.657. The van der Waals surface area contributed by atoms with E-state index >= 15 is 0 Å². The standard InChI is InChI=1S/C17H22O6/c1-18-13-8-11-7-12(17(21-4,22-5)23-6)9-14(19-2)16(11)15(10-13)20-3/h7-10H,1-6H3. The van der Waals surface area contributed by atoms with Gasteiger partial charge in [-0.1, -0.05) is 0 Å². The van der Waals surface area contributed by atoms with Gasteiger partial charge >= 0.3 is 5.97 Å². The highest BCUT2D eigenvalue weighted by molar-refractivity contribution is 5.95. The largest absolute Gasteiger partial charge is 0.497 e. The van der Waals surface area contributed by atoms with Crippen molar-refractivity contribution in [2.45, 2.75) is 5.97 Å². The SMILES string of the molecule is COc1cc(OC)c2c(OC)cc(C(OC)(OC)OC)cc2c1. The normalized spacial score (nSPS) is 11.6. The summed E-state index contributed by atoms with van der Waals surface area (Å²) in [6.45, 7) is 0. The number of methoxy groups -OCH3 is 6. The summed E-state index contributed by atoms with van der Waals surface area (Å²) in [6, 6.07) is 7.38. The molecule has 126 valence electrons. The molecule has 0 fully saturated rings. The van der Waals surface area contributed by atoms with Crippen LogP contribution in [0.1, 0.15) is 5.56 Å². The van der Waals surface area contributed by atoms with Crippen molar-refractivity contribution in [2.75, 3.05) is 42.7 Å². The molecule has 0 amide bonds. The van der Waals surface area contributed by atoms with Crippen LogP contribution in [0.3, 0.4) is 0 Å². The average molecular weight is 322 g/mol. The van der Waals surface area contributed by atoms with E-state index in [-0.39, 0.29) is 0 Å².